The van der Waals surface area contributed by atoms with E-state index >= 15 is 0 Å². The van der Waals surface area contributed by atoms with Crippen LogP contribution in [0.2, 0.25) is 0 Å². The van der Waals surface area contributed by atoms with Gasteiger partial charge in [-0.05, 0) is 36.1 Å². The standard InChI is InChI=1S/C25H38O8/c1-3-5-7-26-9-11-28-13-15-30-19-22-17-24-25(33-21-32-24)18-23(22)20-31-16-14-29-12-10-27-8-6-4-2/h9-12,17-18H,3-8,13-16,19-21H2,1-2H3. The minimum Gasteiger partial charge on any atom is -0.498 e. The summed E-state index contributed by atoms with van der Waals surface area (Å²) in [7, 11) is 0. The molecule has 0 radical (unpaired) electrons. The summed E-state index contributed by atoms with van der Waals surface area (Å²) in [6.45, 7) is 8.51. The molecule has 0 aromatic heterocycles. The Morgan fingerprint density at radius 3 is 1.48 bits per heavy atom. The lowest BCUT2D eigenvalue weighted by molar-refractivity contribution is 0.0631. The molecule has 1 heterocycles. The average Bonchev–Trinajstić information content (AvgIpc) is 3.28. The molecule has 1 aromatic rings. The fourth-order valence-electron chi connectivity index (χ4n) is 2.76. The lowest BCUT2D eigenvalue weighted by Gasteiger charge is -2.12. The number of hydrogen-bond acceptors (Lipinski definition) is 8. The van der Waals surface area contributed by atoms with Crippen molar-refractivity contribution in [1.82, 2.24) is 0 Å². The van der Waals surface area contributed by atoms with Gasteiger partial charge in [0, 0.05) is 0 Å². The van der Waals surface area contributed by atoms with Crippen LogP contribution in [0.15, 0.2) is 37.2 Å². The van der Waals surface area contributed by atoms with E-state index in [0.717, 1.165) is 48.3 Å². The van der Waals surface area contributed by atoms with Gasteiger partial charge in [-0.25, -0.2) is 0 Å². The van der Waals surface area contributed by atoms with E-state index in [1.807, 2.05) is 12.1 Å². The van der Waals surface area contributed by atoms with E-state index in [4.69, 9.17) is 37.9 Å². The van der Waals surface area contributed by atoms with Gasteiger partial charge in [0.15, 0.2) is 11.5 Å². The van der Waals surface area contributed by atoms with Crippen molar-refractivity contribution in [3.63, 3.8) is 0 Å². The number of benzene rings is 1. The van der Waals surface area contributed by atoms with Gasteiger partial charge in [0.25, 0.3) is 0 Å². The number of fused-ring (bicyclic) bond motifs is 1. The van der Waals surface area contributed by atoms with Gasteiger partial charge in [-0.3, -0.25) is 0 Å². The third-order valence-corrected chi connectivity index (χ3v) is 4.63. The summed E-state index contributed by atoms with van der Waals surface area (Å²) < 4.78 is 43.8. The van der Waals surface area contributed by atoms with Gasteiger partial charge in [0.05, 0.1) is 39.6 Å². The number of hydrogen-bond donors (Lipinski definition) is 0. The molecular formula is C25H38O8. The molecule has 0 amide bonds. The number of ether oxygens (including phenoxy) is 8. The van der Waals surface area contributed by atoms with Gasteiger partial charge < -0.3 is 37.9 Å². The Balaban J connectivity index is 1.66. The van der Waals surface area contributed by atoms with Gasteiger partial charge >= 0.3 is 0 Å². The van der Waals surface area contributed by atoms with E-state index in [1.54, 1.807) is 25.0 Å². The first-order chi connectivity index (χ1) is 16.3. The van der Waals surface area contributed by atoms with Crippen LogP contribution in [-0.4, -0.2) is 46.4 Å². The molecule has 186 valence electrons. The van der Waals surface area contributed by atoms with Gasteiger partial charge in [0.1, 0.15) is 38.3 Å². The molecule has 0 bridgehead atoms. The predicted molar refractivity (Wildman–Crippen MR) is 124 cm³/mol. The molecular weight excluding hydrogens is 428 g/mol. The molecule has 0 aliphatic carbocycles. The van der Waals surface area contributed by atoms with Crippen molar-refractivity contribution >= 4 is 0 Å². The highest BCUT2D eigenvalue weighted by Gasteiger charge is 2.17. The molecule has 1 aliphatic rings. The molecule has 0 saturated carbocycles. The monoisotopic (exact) mass is 466 g/mol. The van der Waals surface area contributed by atoms with Gasteiger partial charge in [-0.1, -0.05) is 26.7 Å². The SMILES string of the molecule is CCCCOC=COCCOCc1cc2c(cc1COCCOC=COCCCC)OCO2. The molecule has 0 saturated heterocycles. The van der Waals surface area contributed by atoms with Crippen LogP contribution in [-0.2, 0) is 41.6 Å². The van der Waals surface area contributed by atoms with E-state index in [2.05, 4.69) is 13.8 Å². The first-order valence-corrected chi connectivity index (χ1v) is 11.7. The zero-order valence-corrected chi connectivity index (χ0v) is 19.9. The molecule has 0 unspecified atom stereocenters. The number of unbranched alkanes of at least 4 members (excludes halogenated alkanes) is 2. The third-order valence-electron chi connectivity index (χ3n) is 4.63. The van der Waals surface area contributed by atoms with E-state index in [1.165, 1.54) is 0 Å². The topological polar surface area (TPSA) is 73.8 Å². The van der Waals surface area contributed by atoms with Crippen LogP contribution >= 0.6 is 0 Å². The largest absolute Gasteiger partial charge is 0.498 e. The maximum Gasteiger partial charge on any atom is 0.231 e. The summed E-state index contributed by atoms with van der Waals surface area (Å²) in [6, 6.07) is 3.88. The van der Waals surface area contributed by atoms with Crippen molar-refractivity contribution in [3.8, 4) is 11.5 Å². The van der Waals surface area contributed by atoms with Crippen LogP contribution in [0, 0.1) is 0 Å². The highest BCUT2D eigenvalue weighted by atomic mass is 16.7. The first kappa shape index (κ1) is 26.7. The Bertz CT molecular complexity index is 632. The van der Waals surface area contributed by atoms with Crippen molar-refractivity contribution < 1.29 is 37.9 Å². The Labute approximate surface area is 197 Å². The molecule has 1 aromatic carbocycles. The molecule has 0 fully saturated rings. The second-order valence-electron chi connectivity index (χ2n) is 7.31. The van der Waals surface area contributed by atoms with Gasteiger partial charge in [-0.15, -0.1) is 0 Å². The second kappa shape index (κ2) is 17.9. The minimum absolute atomic E-state index is 0.223. The molecule has 0 atom stereocenters. The summed E-state index contributed by atoms with van der Waals surface area (Å²) in [6.07, 6.45) is 10.5. The first-order valence-electron chi connectivity index (χ1n) is 11.7. The smallest absolute Gasteiger partial charge is 0.231 e. The maximum absolute atomic E-state index is 5.77. The van der Waals surface area contributed by atoms with Crippen molar-refractivity contribution in [2.75, 3.05) is 46.4 Å². The van der Waals surface area contributed by atoms with E-state index < -0.39 is 0 Å². The summed E-state index contributed by atoms with van der Waals surface area (Å²) in [5, 5.41) is 0. The Morgan fingerprint density at radius 2 is 1.06 bits per heavy atom. The second-order valence-corrected chi connectivity index (χ2v) is 7.31. The van der Waals surface area contributed by atoms with Crippen LogP contribution in [0.3, 0.4) is 0 Å². The Hall–Kier alpha value is -2.58. The maximum atomic E-state index is 5.77. The highest BCUT2D eigenvalue weighted by molar-refractivity contribution is 5.48. The zero-order valence-electron chi connectivity index (χ0n) is 19.9. The van der Waals surface area contributed by atoms with E-state index in [0.29, 0.717) is 52.9 Å². The molecule has 0 N–H and O–H groups in total. The zero-order chi connectivity index (χ0) is 23.4. The van der Waals surface area contributed by atoms with Gasteiger partial charge in [-0.2, -0.15) is 0 Å². The molecule has 8 heteroatoms. The van der Waals surface area contributed by atoms with Crippen LogP contribution in [0.4, 0.5) is 0 Å². The van der Waals surface area contributed by atoms with Crippen LogP contribution in [0.1, 0.15) is 50.7 Å². The lowest BCUT2D eigenvalue weighted by atomic mass is 10.1. The fraction of sp³-hybridized carbons (Fsp3) is 0.600. The van der Waals surface area contributed by atoms with Crippen LogP contribution in [0.5, 0.6) is 11.5 Å². The van der Waals surface area contributed by atoms with Crippen molar-refractivity contribution in [2.45, 2.75) is 52.7 Å². The molecule has 2 rings (SSSR count). The Morgan fingerprint density at radius 1 is 0.636 bits per heavy atom. The summed E-state index contributed by atoms with van der Waals surface area (Å²) in [5.74, 6) is 1.44. The minimum atomic E-state index is 0.223. The fourth-order valence-corrected chi connectivity index (χ4v) is 2.76. The van der Waals surface area contributed by atoms with Crippen molar-refractivity contribution in [2.24, 2.45) is 0 Å². The van der Waals surface area contributed by atoms with Crippen molar-refractivity contribution in [1.29, 1.82) is 0 Å². The predicted octanol–water partition coefficient (Wildman–Crippen LogP) is 5.06. The van der Waals surface area contributed by atoms with Crippen LogP contribution < -0.4 is 9.47 Å². The van der Waals surface area contributed by atoms with E-state index in [9.17, 15) is 0 Å². The molecule has 33 heavy (non-hydrogen) atoms. The third kappa shape index (κ3) is 11.7. The normalized spacial score (nSPS) is 12.5. The lowest BCUT2D eigenvalue weighted by Crippen LogP contribution is -2.06. The Kier molecular flexibility index (Phi) is 14.5. The van der Waals surface area contributed by atoms with Crippen molar-refractivity contribution in [3.05, 3.63) is 48.3 Å². The summed E-state index contributed by atoms with van der Waals surface area (Å²) in [5.41, 5.74) is 1.98. The quantitative estimate of drug-likeness (QED) is 0.195. The molecule has 8 nitrogen and oxygen atoms in total. The average molecular weight is 467 g/mol. The highest BCUT2D eigenvalue weighted by Crippen LogP contribution is 2.35. The molecule has 1 aliphatic heterocycles. The summed E-state index contributed by atoms with van der Waals surface area (Å²) in [4.78, 5) is 0. The van der Waals surface area contributed by atoms with Crippen LogP contribution in [0.25, 0.3) is 0 Å². The van der Waals surface area contributed by atoms with E-state index in [-0.39, 0.29) is 6.79 Å². The summed E-state index contributed by atoms with van der Waals surface area (Å²) >= 11 is 0. The number of rotatable bonds is 20. The molecule has 0 spiro atoms. The van der Waals surface area contributed by atoms with Gasteiger partial charge in [0.2, 0.25) is 6.79 Å².